The molecule has 0 spiro atoms. The second kappa shape index (κ2) is 4.53. The Morgan fingerprint density at radius 2 is 2.00 bits per heavy atom. The van der Waals surface area contributed by atoms with Gasteiger partial charge in [-0.25, -0.2) is 0 Å². The molecule has 0 heterocycles. The number of hydrogen-bond acceptors (Lipinski definition) is 1. The van der Waals surface area contributed by atoms with Gasteiger partial charge in [-0.15, -0.1) is 0 Å². The second-order valence-electron chi connectivity index (χ2n) is 3.42. The molecule has 1 rings (SSSR count). The molecule has 0 aromatic carbocycles. The molecule has 0 aromatic heterocycles. The molecule has 0 N–H and O–H groups in total. The van der Waals surface area contributed by atoms with Crippen molar-refractivity contribution >= 4 is 5.78 Å². The number of carbonyl (C=O) groups excluding carboxylic acids is 1. The largest absolute Gasteiger partial charge is 0.300 e. The zero-order valence-electron chi connectivity index (χ0n) is 7.36. The molecule has 0 saturated heterocycles. The molecule has 1 fully saturated rings. The molecule has 11 heavy (non-hydrogen) atoms. The van der Waals surface area contributed by atoms with E-state index in [2.05, 4.69) is 6.92 Å². The van der Waals surface area contributed by atoms with Gasteiger partial charge < -0.3 is 0 Å². The molecule has 1 aliphatic rings. The average Bonchev–Trinajstić information content (AvgIpc) is 2.15. The zero-order valence-corrected chi connectivity index (χ0v) is 7.36. The van der Waals surface area contributed by atoms with Crippen molar-refractivity contribution in [3.8, 4) is 0 Å². The van der Waals surface area contributed by atoms with Crippen LogP contribution in [0.15, 0.2) is 0 Å². The van der Waals surface area contributed by atoms with Crippen LogP contribution in [-0.4, -0.2) is 5.78 Å². The third kappa shape index (κ3) is 3.04. The molecular formula is C10H17O. The van der Waals surface area contributed by atoms with Gasteiger partial charge in [0.2, 0.25) is 0 Å². The molecule has 0 unspecified atom stereocenters. The lowest BCUT2D eigenvalue weighted by atomic mass is 9.95. The maximum atomic E-state index is 11.1. The van der Waals surface area contributed by atoms with Crippen molar-refractivity contribution in [2.45, 2.75) is 51.9 Å². The Kier molecular flexibility index (Phi) is 3.61. The van der Waals surface area contributed by atoms with Crippen LogP contribution in [0.3, 0.4) is 0 Å². The Bertz CT molecular complexity index is 129. The minimum atomic E-state index is 0.464. The number of carbonyl (C=O) groups is 1. The van der Waals surface area contributed by atoms with E-state index >= 15 is 0 Å². The van der Waals surface area contributed by atoms with E-state index in [1.807, 2.05) is 0 Å². The molecule has 0 atom stereocenters. The summed E-state index contributed by atoms with van der Waals surface area (Å²) in [6, 6.07) is 0. The highest BCUT2D eigenvalue weighted by atomic mass is 16.1. The fraction of sp³-hybridized carbons (Fsp3) is 0.800. The van der Waals surface area contributed by atoms with Crippen LogP contribution in [-0.2, 0) is 4.79 Å². The Morgan fingerprint density at radius 3 is 2.73 bits per heavy atom. The van der Waals surface area contributed by atoms with E-state index in [-0.39, 0.29) is 0 Å². The summed E-state index contributed by atoms with van der Waals surface area (Å²) in [5, 5.41) is 0. The van der Waals surface area contributed by atoms with Gasteiger partial charge in [-0.05, 0) is 25.2 Å². The minimum absolute atomic E-state index is 0.464. The first-order valence-electron chi connectivity index (χ1n) is 4.68. The molecule has 63 valence electrons. The molecule has 1 nitrogen and oxygen atoms in total. The summed E-state index contributed by atoms with van der Waals surface area (Å²) >= 11 is 0. The van der Waals surface area contributed by atoms with E-state index in [1.54, 1.807) is 0 Å². The van der Waals surface area contributed by atoms with E-state index in [1.165, 1.54) is 31.6 Å². The summed E-state index contributed by atoms with van der Waals surface area (Å²) in [5.74, 6) is 1.96. The van der Waals surface area contributed by atoms with E-state index in [0.29, 0.717) is 5.78 Å². The van der Waals surface area contributed by atoms with Crippen molar-refractivity contribution in [1.82, 2.24) is 0 Å². The topological polar surface area (TPSA) is 17.1 Å². The quantitative estimate of drug-likeness (QED) is 0.557. The second-order valence-corrected chi connectivity index (χ2v) is 3.42. The maximum Gasteiger partial charge on any atom is 0.133 e. The van der Waals surface area contributed by atoms with Gasteiger partial charge >= 0.3 is 0 Å². The smallest absolute Gasteiger partial charge is 0.133 e. The molecule has 0 aromatic rings. The Labute approximate surface area is 69.2 Å². The van der Waals surface area contributed by atoms with Gasteiger partial charge in [-0.2, -0.15) is 0 Å². The van der Waals surface area contributed by atoms with Gasteiger partial charge in [0, 0.05) is 12.8 Å². The van der Waals surface area contributed by atoms with Gasteiger partial charge in [0.25, 0.3) is 0 Å². The summed E-state index contributed by atoms with van der Waals surface area (Å²) in [6.07, 6.45) is 7.54. The molecule has 1 radical (unpaired) electrons. The Hall–Kier alpha value is -0.330. The monoisotopic (exact) mass is 153 g/mol. The van der Waals surface area contributed by atoms with E-state index in [0.717, 1.165) is 19.3 Å². The third-order valence-corrected chi connectivity index (χ3v) is 2.29. The van der Waals surface area contributed by atoms with E-state index in [9.17, 15) is 4.79 Å². The van der Waals surface area contributed by atoms with Crippen molar-refractivity contribution in [1.29, 1.82) is 0 Å². The van der Waals surface area contributed by atoms with Gasteiger partial charge in [-0.3, -0.25) is 4.79 Å². The number of Topliss-reactive ketones (excluding diaryl/α,β-unsaturated/α-hetero) is 1. The first kappa shape index (κ1) is 8.76. The molecule has 1 heteroatoms. The van der Waals surface area contributed by atoms with Crippen molar-refractivity contribution in [3.05, 3.63) is 5.92 Å². The normalized spacial score (nSPS) is 21.7. The van der Waals surface area contributed by atoms with Crippen LogP contribution < -0.4 is 0 Å². The van der Waals surface area contributed by atoms with Gasteiger partial charge in [0.1, 0.15) is 5.78 Å². The number of rotatable bonds is 2. The predicted octanol–water partition coefficient (Wildman–Crippen LogP) is 2.89. The first-order valence-corrected chi connectivity index (χ1v) is 4.68. The fourth-order valence-electron chi connectivity index (χ4n) is 1.72. The number of ketones is 1. The fourth-order valence-corrected chi connectivity index (χ4v) is 1.72. The first-order chi connectivity index (χ1) is 5.33. The Balaban J connectivity index is 2.33. The van der Waals surface area contributed by atoms with Crippen LogP contribution in [0.5, 0.6) is 0 Å². The maximum absolute atomic E-state index is 11.1. The van der Waals surface area contributed by atoms with Crippen molar-refractivity contribution < 1.29 is 4.79 Å². The van der Waals surface area contributed by atoms with Crippen LogP contribution in [0.2, 0.25) is 0 Å². The standard InChI is InChI=1S/C10H17O/c1-2-5-9-6-3-4-7-10(11)8-9/h2-8H2,1H3. The van der Waals surface area contributed by atoms with Gasteiger partial charge in [-0.1, -0.05) is 19.8 Å². The molecular weight excluding hydrogens is 136 g/mol. The lowest BCUT2D eigenvalue weighted by Crippen LogP contribution is -2.02. The SMILES string of the molecule is CCC[C]1CCCCC(=O)C1. The summed E-state index contributed by atoms with van der Waals surface area (Å²) in [4.78, 5) is 11.1. The molecule has 0 aliphatic heterocycles. The van der Waals surface area contributed by atoms with E-state index < -0.39 is 0 Å². The highest BCUT2D eigenvalue weighted by Gasteiger charge is 2.16. The molecule has 1 saturated carbocycles. The van der Waals surface area contributed by atoms with Crippen molar-refractivity contribution in [3.63, 3.8) is 0 Å². The summed E-state index contributed by atoms with van der Waals surface area (Å²) in [7, 11) is 0. The van der Waals surface area contributed by atoms with Crippen LogP contribution in [0.25, 0.3) is 0 Å². The van der Waals surface area contributed by atoms with Crippen molar-refractivity contribution in [2.24, 2.45) is 0 Å². The van der Waals surface area contributed by atoms with Gasteiger partial charge in [0.05, 0.1) is 0 Å². The Morgan fingerprint density at radius 1 is 1.27 bits per heavy atom. The summed E-state index contributed by atoms with van der Waals surface area (Å²) in [5.41, 5.74) is 0. The zero-order chi connectivity index (χ0) is 8.10. The lowest BCUT2D eigenvalue weighted by molar-refractivity contribution is -0.118. The summed E-state index contributed by atoms with van der Waals surface area (Å²) < 4.78 is 0. The third-order valence-electron chi connectivity index (χ3n) is 2.29. The average molecular weight is 153 g/mol. The van der Waals surface area contributed by atoms with Gasteiger partial charge in [0.15, 0.2) is 0 Å². The van der Waals surface area contributed by atoms with Crippen LogP contribution in [0, 0.1) is 5.92 Å². The highest BCUT2D eigenvalue weighted by Crippen LogP contribution is 2.26. The number of hydrogen-bond donors (Lipinski definition) is 0. The molecule has 0 amide bonds. The van der Waals surface area contributed by atoms with Crippen LogP contribution in [0.1, 0.15) is 51.9 Å². The molecule has 1 aliphatic carbocycles. The van der Waals surface area contributed by atoms with E-state index in [4.69, 9.17) is 0 Å². The lowest BCUT2D eigenvalue weighted by Gasteiger charge is -2.09. The highest BCUT2D eigenvalue weighted by molar-refractivity contribution is 5.80. The van der Waals surface area contributed by atoms with Crippen LogP contribution >= 0.6 is 0 Å². The summed E-state index contributed by atoms with van der Waals surface area (Å²) in [6.45, 7) is 2.18. The minimum Gasteiger partial charge on any atom is -0.300 e. The van der Waals surface area contributed by atoms with Crippen molar-refractivity contribution in [2.75, 3.05) is 0 Å². The predicted molar refractivity (Wildman–Crippen MR) is 46.2 cm³/mol. The van der Waals surface area contributed by atoms with Crippen LogP contribution in [0.4, 0.5) is 0 Å². The molecule has 0 bridgehead atoms.